The largest absolute Gasteiger partial charge is 0.434 e. The summed E-state index contributed by atoms with van der Waals surface area (Å²) < 4.78 is 41.8. The number of oxime groups is 1. The first kappa shape index (κ1) is 18.6. The highest BCUT2D eigenvalue weighted by molar-refractivity contribution is 6.33. The molecule has 0 saturated heterocycles. The molecule has 0 heterocycles. The summed E-state index contributed by atoms with van der Waals surface area (Å²) in [5.74, 6) is -1.19. The van der Waals surface area contributed by atoms with Crippen LogP contribution < -0.4 is 10.1 Å². The van der Waals surface area contributed by atoms with Gasteiger partial charge >= 0.3 is 6.61 Å². The Morgan fingerprint density at radius 3 is 2.76 bits per heavy atom. The van der Waals surface area contributed by atoms with Gasteiger partial charge in [-0.3, -0.25) is 4.79 Å². The number of ether oxygens (including phenoxy) is 1. The lowest BCUT2D eigenvalue weighted by atomic mass is 10.2. The average molecular weight is 373 g/mol. The molecule has 0 spiro atoms. The molecule has 25 heavy (non-hydrogen) atoms. The quantitative estimate of drug-likeness (QED) is 0.588. The highest BCUT2D eigenvalue weighted by Crippen LogP contribution is 2.22. The maximum Gasteiger partial charge on any atom is 0.387 e. The van der Waals surface area contributed by atoms with E-state index in [1.807, 2.05) is 0 Å². The molecular weight excluding hydrogens is 361 g/mol. The van der Waals surface area contributed by atoms with Crippen LogP contribution in [-0.4, -0.2) is 25.3 Å². The van der Waals surface area contributed by atoms with Gasteiger partial charge in [0.15, 0.2) is 6.61 Å². The highest BCUT2D eigenvalue weighted by atomic mass is 35.5. The van der Waals surface area contributed by atoms with E-state index < -0.39 is 24.9 Å². The van der Waals surface area contributed by atoms with E-state index in [0.29, 0.717) is 0 Å². The number of hydrogen-bond acceptors (Lipinski definition) is 4. The fraction of sp³-hybridized carbons (Fsp3) is 0.125. The summed E-state index contributed by atoms with van der Waals surface area (Å²) in [5.41, 5.74) is 0.473. The van der Waals surface area contributed by atoms with Crippen LogP contribution in [0.15, 0.2) is 47.6 Å². The number of para-hydroxylation sites is 1. The summed E-state index contributed by atoms with van der Waals surface area (Å²) in [6.07, 6.45) is 1.13. The Balaban J connectivity index is 1.88. The summed E-state index contributed by atoms with van der Waals surface area (Å²) in [6, 6.07) is 9.45. The number of hydrogen-bond donors (Lipinski definition) is 1. The second-order valence-electron chi connectivity index (χ2n) is 4.60. The molecule has 1 amide bonds. The van der Waals surface area contributed by atoms with Gasteiger partial charge in [-0.25, -0.2) is 4.39 Å². The molecule has 0 aliphatic carbocycles. The molecule has 0 aliphatic rings. The standard InChI is InChI=1S/C16H12ClF3N2O3/c17-12-7-11(18)5-6-13(12)22-15(23)9-24-21-8-10-3-1-2-4-14(10)25-16(19)20/h1-8,16H,9H2,(H,22,23)/b21-8-. The van der Waals surface area contributed by atoms with Crippen LogP contribution >= 0.6 is 11.6 Å². The lowest BCUT2D eigenvalue weighted by Crippen LogP contribution is -2.17. The molecule has 9 heteroatoms. The van der Waals surface area contributed by atoms with Gasteiger partial charge in [0.2, 0.25) is 0 Å². The van der Waals surface area contributed by atoms with Crippen molar-refractivity contribution in [2.24, 2.45) is 5.16 Å². The van der Waals surface area contributed by atoms with Gasteiger partial charge in [-0.05, 0) is 30.3 Å². The van der Waals surface area contributed by atoms with Crippen molar-refractivity contribution in [2.75, 3.05) is 11.9 Å². The molecule has 2 rings (SSSR count). The Morgan fingerprint density at radius 1 is 1.28 bits per heavy atom. The van der Waals surface area contributed by atoms with Gasteiger partial charge < -0.3 is 14.9 Å². The molecular formula is C16H12ClF3N2O3. The van der Waals surface area contributed by atoms with Crippen molar-refractivity contribution in [2.45, 2.75) is 6.61 Å². The predicted molar refractivity (Wildman–Crippen MR) is 86.7 cm³/mol. The molecule has 2 aromatic rings. The van der Waals surface area contributed by atoms with Crippen molar-refractivity contribution < 1.29 is 27.5 Å². The zero-order chi connectivity index (χ0) is 18.2. The van der Waals surface area contributed by atoms with Crippen LogP contribution in [0, 0.1) is 5.82 Å². The average Bonchev–Trinajstić information content (AvgIpc) is 2.55. The topological polar surface area (TPSA) is 59.9 Å². The maximum atomic E-state index is 12.9. The van der Waals surface area contributed by atoms with Gasteiger partial charge in [-0.2, -0.15) is 8.78 Å². The van der Waals surface area contributed by atoms with Gasteiger partial charge in [0.1, 0.15) is 11.6 Å². The second-order valence-corrected chi connectivity index (χ2v) is 5.00. The molecule has 0 radical (unpaired) electrons. The van der Waals surface area contributed by atoms with E-state index in [1.54, 1.807) is 6.07 Å². The van der Waals surface area contributed by atoms with Gasteiger partial charge in [-0.15, -0.1) is 0 Å². The number of nitrogens with zero attached hydrogens (tertiary/aromatic N) is 1. The summed E-state index contributed by atoms with van der Waals surface area (Å²) in [7, 11) is 0. The van der Waals surface area contributed by atoms with Crippen LogP contribution in [0.5, 0.6) is 5.75 Å². The Hall–Kier alpha value is -2.74. The van der Waals surface area contributed by atoms with Crippen molar-refractivity contribution >= 4 is 29.4 Å². The van der Waals surface area contributed by atoms with Crippen LogP contribution in [0.25, 0.3) is 0 Å². The first-order valence-corrected chi connectivity index (χ1v) is 7.27. The number of amides is 1. The van der Waals surface area contributed by atoms with Crippen molar-refractivity contribution in [1.82, 2.24) is 0 Å². The van der Waals surface area contributed by atoms with E-state index >= 15 is 0 Å². The lowest BCUT2D eigenvalue weighted by Gasteiger charge is -2.07. The minimum atomic E-state index is -2.97. The summed E-state index contributed by atoms with van der Waals surface area (Å²) in [4.78, 5) is 16.5. The lowest BCUT2D eigenvalue weighted by molar-refractivity contribution is -0.120. The fourth-order valence-corrected chi connectivity index (χ4v) is 1.97. The normalized spacial score (nSPS) is 10.9. The van der Waals surface area contributed by atoms with E-state index in [2.05, 4.69) is 15.2 Å². The zero-order valence-electron chi connectivity index (χ0n) is 12.6. The van der Waals surface area contributed by atoms with Crippen LogP contribution in [0.2, 0.25) is 5.02 Å². The maximum absolute atomic E-state index is 12.9. The third-order valence-electron chi connectivity index (χ3n) is 2.80. The number of rotatable bonds is 7. The molecule has 5 nitrogen and oxygen atoms in total. The third kappa shape index (κ3) is 6.00. The van der Waals surface area contributed by atoms with Crippen LogP contribution in [0.3, 0.4) is 0 Å². The van der Waals surface area contributed by atoms with Crippen molar-refractivity contribution in [1.29, 1.82) is 0 Å². The van der Waals surface area contributed by atoms with E-state index in [9.17, 15) is 18.0 Å². The van der Waals surface area contributed by atoms with E-state index in [-0.39, 0.29) is 22.0 Å². The van der Waals surface area contributed by atoms with Crippen LogP contribution in [0.1, 0.15) is 5.56 Å². The first-order valence-electron chi connectivity index (χ1n) is 6.90. The van der Waals surface area contributed by atoms with Gasteiger partial charge in [0.05, 0.1) is 16.9 Å². The molecule has 0 atom stereocenters. The molecule has 132 valence electrons. The molecule has 0 aromatic heterocycles. The minimum Gasteiger partial charge on any atom is -0.434 e. The van der Waals surface area contributed by atoms with Crippen LogP contribution in [0.4, 0.5) is 18.9 Å². The van der Waals surface area contributed by atoms with E-state index in [0.717, 1.165) is 18.3 Å². The molecule has 1 N–H and O–H groups in total. The number of carbonyl (C=O) groups excluding carboxylic acids is 1. The number of carbonyl (C=O) groups is 1. The second kappa shape index (κ2) is 8.93. The van der Waals surface area contributed by atoms with E-state index in [4.69, 9.17) is 16.4 Å². The van der Waals surface area contributed by atoms with Crippen LogP contribution in [-0.2, 0) is 9.63 Å². The Bertz CT molecular complexity index is 772. The predicted octanol–water partition coefficient (Wildman–Crippen LogP) is 4.07. The van der Waals surface area contributed by atoms with Crippen molar-refractivity contribution in [3.63, 3.8) is 0 Å². The molecule has 2 aromatic carbocycles. The molecule has 0 fully saturated rings. The number of alkyl halides is 2. The summed E-state index contributed by atoms with van der Waals surface area (Å²) >= 11 is 5.77. The molecule has 0 unspecified atom stereocenters. The zero-order valence-corrected chi connectivity index (χ0v) is 13.3. The van der Waals surface area contributed by atoms with Crippen molar-refractivity contribution in [3.8, 4) is 5.75 Å². The van der Waals surface area contributed by atoms with Gasteiger partial charge in [-0.1, -0.05) is 28.9 Å². The van der Waals surface area contributed by atoms with Gasteiger partial charge in [0.25, 0.3) is 5.91 Å². The summed E-state index contributed by atoms with van der Waals surface area (Å²) in [6.45, 7) is -3.43. The SMILES string of the molecule is O=C(CO/N=C\c1ccccc1OC(F)F)Nc1ccc(F)cc1Cl. The van der Waals surface area contributed by atoms with Gasteiger partial charge in [0, 0.05) is 5.56 Å². The molecule has 0 aliphatic heterocycles. The smallest absolute Gasteiger partial charge is 0.387 e. The molecule has 0 saturated carbocycles. The minimum absolute atomic E-state index is 0.0370. The number of anilines is 1. The number of nitrogens with one attached hydrogen (secondary N) is 1. The van der Waals surface area contributed by atoms with E-state index in [1.165, 1.54) is 24.3 Å². The summed E-state index contributed by atoms with van der Waals surface area (Å²) in [5, 5.41) is 5.97. The third-order valence-corrected chi connectivity index (χ3v) is 3.11. The Morgan fingerprint density at radius 2 is 2.04 bits per heavy atom. The number of benzene rings is 2. The fourth-order valence-electron chi connectivity index (χ4n) is 1.76. The highest BCUT2D eigenvalue weighted by Gasteiger charge is 2.09. The molecule has 0 bridgehead atoms. The Labute approximate surface area is 146 Å². The Kier molecular flexibility index (Phi) is 6.64. The van der Waals surface area contributed by atoms with Crippen molar-refractivity contribution in [3.05, 3.63) is 58.9 Å². The first-order chi connectivity index (χ1) is 12.0. The number of halogens is 4. The monoisotopic (exact) mass is 372 g/mol.